The van der Waals surface area contributed by atoms with Gasteiger partial charge >= 0.3 is 0 Å². The molecule has 0 aliphatic carbocycles. The Bertz CT molecular complexity index is 657. The maximum atomic E-state index is 13.7. The molecular weight excluding hydrogens is 211 g/mol. The van der Waals surface area contributed by atoms with Gasteiger partial charge < -0.3 is 0 Å². The largest absolute Gasteiger partial charge is 0.206 e. The van der Waals surface area contributed by atoms with E-state index in [0.717, 1.165) is 16.5 Å². The number of rotatable bonds is 1. The zero-order valence-electron chi connectivity index (χ0n) is 9.23. The monoisotopic (exact) mass is 222 g/mol. The molecule has 3 aromatic carbocycles. The maximum Gasteiger partial charge on any atom is 0.131 e. The van der Waals surface area contributed by atoms with Crippen LogP contribution in [-0.2, 0) is 0 Å². The molecule has 0 bridgehead atoms. The molecule has 0 aliphatic heterocycles. The molecular formula is C16H11F. The Balaban J connectivity index is 2.23. The summed E-state index contributed by atoms with van der Waals surface area (Å²) >= 11 is 0. The van der Waals surface area contributed by atoms with Crippen LogP contribution in [0.1, 0.15) is 0 Å². The summed E-state index contributed by atoms with van der Waals surface area (Å²) in [7, 11) is 0. The van der Waals surface area contributed by atoms with E-state index in [9.17, 15) is 4.39 Å². The molecule has 0 aromatic heterocycles. The molecule has 0 amide bonds. The van der Waals surface area contributed by atoms with Crippen molar-refractivity contribution in [2.45, 2.75) is 0 Å². The van der Waals surface area contributed by atoms with E-state index in [2.05, 4.69) is 0 Å². The van der Waals surface area contributed by atoms with Crippen LogP contribution in [0.4, 0.5) is 4.39 Å². The van der Waals surface area contributed by atoms with E-state index >= 15 is 0 Å². The Morgan fingerprint density at radius 3 is 2.29 bits per heavy atom. The number of hydrogen-bond acceptors (Lipinski definition) is 0. The van der Waals surface area contributed by atoms with Crippen molar-refractivity contribution >= 4 is 10.8 Å². The first-order chi connectivity index (χ1) is 8.34. The normalized spacial score (nSPS) is 10.6. The topological polar surface area (TPSA) is 0 Å². The summed E-state index contributed by atoms with van der Waals surface area (Å²) in [6.45, 7) is 0. The zero-order chi connectivity index (χ0) is 11.7. The van der Waals surface area contributed by atoms with E-state index in [4.69, 9.17) is 0 Å². The number of halogens is 1. The molecule has 0 aliphatic rings. The van der Waals surface area contributed by atoms with Crippen LogP contribution in [0.5, 0.6) is 0 Å². The molecule has 0 spiro atoms. The summed E-state index contributed by atoms with van der Waals surface area (Å²) in [6, 6.07) is 21.1. The lowest BCUT2D eigenvalue weighted by Crippen LogP contribution is -1.82. The first kappa shape index (κ1) is 10.0. The first-order valence-electron chi connectivity index (χ1n) is 5.58. The average molecular weight is 222 g/mol. The lowest BCUT2D eigenvalue weighted by atomic mass is 10.0. The molecule has 3 rings (SSSR count). The summed E-state index contributed by atoms with van der Waals surface area (Å²) in [6.07, 6.45) is 0. The van der Waals surface area contributed by atoms with Gasteiger partial charge in [0.05, 0.1) is 0 Å². The van der Waals surface area contributed by atoms with E-state index < -0.39 is 0 Å². The van der Waals surface area contributed by atoms with Crippen molar-refractivity contribution in [2.24, 2.45) is 0 Å². The molecule has 0 nitrogen and oxygen atoms in total. The van der Waals surface area contributed by atoms with Gasteiger partial charge in [0.25, 0.3) is 0 Å². The van der Waals surface area contributed by atoms with Crippen LogP contribution in [0.25, 0.3) is 21.9 Å². The van der Waals surface area contributed by atoms with Gasteiger partial charge in [0.15, 0.2) is 0 Å². The molecule has 0 heterocycles. The third-order valence-electron chi connectivity index (χ3n) is 2.94. The molecule has 82 valence electrons. The zero-order valence-corrected chi connectivity index (χ0v) is 9.23. The van der Waals surface area contributed by atoms with Gasteiger partial charge in [0, 0.05) is 5.39 Å². The third-order valence-corrected chi connectivity index (χ3v) is 2.94. The van der Waals surface area contributed by atoms with Gasteiger partial charge in [-0.1, -0.05) is 54.6 Å². The summed E-state index contributed by atoms with van der Waals surface area (Å²) in [5, 5.41) is 1.61. The highest BCUT2D eigenvalue weighted by Crippen LogP contribution is 2.25. The molecule has 0 saturated carbocycles. The number of fused-ring (bicyclic) bond motifs is 1. The summed E-state index contributed by atoms with van der Waals surface area (Å²) in [5.74, 6) is -0.166. The highest BCUT2D eigenvalue weighted by atomic mass is 19.1. The van der Waals surface area contributed by atoms with Gasteiger partial charge in [0.2, 0.25) is 0 Å². The Kier molecular flexibility index (Phi) is 2.37. The van der Waals surface area contributed by atoms with Crippen molar-refractivity contribution < 1.29 is 4.39 Å². The molecule has 0 atom stereocenters. The van der Waals surface area contributed by atoms with Crippen LogP contribution in [0.2, 0.25) is 0 Å². The van der Waals surface area contributed by atoms with Crippen LogP contribution < -0.4 is 0 Å². The summed E-state index contributed by atoms with van der Waals surface area (Å²) < 4.78 is 13.7. The summed E-state index contributed by atoms with van der Waals surface area (Å²) in [4.78, 5) is 0. The Morgan fingerprint density at radius 1 is 0.647 bits per heavy atom. The van der Waals surface area contributed by atoms with Crippen molar-refractivity contribution in [3.63, 3.8) is 0 Å². The van der Waals surface area contributed by atoms with Crippen molar-refractivity contribution in [2.75, 3.05) is 0 Å². The fourth-order valence-electron chi connectivity index (χ4n) is 2.04. The molecule has 1 heteroatoms. The van der Waals surface area contributed by atoms with E-state index in [1.54, 1.807) is 6.07 Å². The fourth-order valence-corrected chi connectivity index (χ4v) is 2.04. The van der Waals surface area contributed by atoms with Crippen molar-refractivity contribution in [1.82, 2.24) is 0 Å². The van der Waals surface area contributed by atoms with Crippen LogP contribution in [0.3, 0.4) is 0 Å². The molecule has 0 unspecified atom stereocenters. The second-order valence-electron chi connectivity index (χ2n) is 4.04. The SMILES string of the molecule is Fc1cccc2ccc(-c3ccccc3)cc12. The number of benzene rings is 3. The van der Waals surface area contributed by atoms with Gasteiger partial charge in [-0.05, 0) is 28.6 Å². The van der Waals surface area contributed by atoms with Gasteiger partial charge in [-0.25, -0.2) is 4.39 Å². The first-order valence-corrected chi connectivity index (χ1v) is 5.58. The lowest BCUT2D eigenvalue weighted by Gasteiger charge is -2.04. The molecule has 17 heavy (non-hydrogen) atoms. The standard InChI is InChI=1S/C16H11F/c17-16-8-4-7-13-9-10-14(11-15(13)16)12-5-2-1-3-6-12/h1-11H. The van der Waals surface area contributed by atoms with E-state index in [1.165, 1.54) is 6.07 Å². The number of hydrogen-bond donors (Lipinski definition) is 0. The van der Waals surface area contributed by atoms with Gasteiger partial charge in [-0.3, -0.25) is 0 Å². The molecule has 0 fully saturated rings. The maximum absolute atomic E-state index is 13.7. The molecule has 0 radical (unpaired) electrons. The van der Waals surface area contributed by atoms with Crippen molar-refractivity contribution in [3.8, 4) is 11.1 Å². The van der Waals surface area contributed by atoms with Gasteiger partial charge in [-0.2, -0.15) is 0 Å². The highest BCUT2D eigenvalue weighted by molar-refractivity contribution is 5.87. The Labute approximate surface area is 99.3 Å². The van der Waals surface area contributed by atoms with Gasteiger partial charge in [0.1, 0.15) is 5.82 Å². The third kappa shape index (κ3) is 1.80. The average Bonchev–Trinajstić information content (AvgIpc) is 2.40. The van der Waals surface area contributed by atoms with E-state index in [1.807, 2.05) is 54.6 Å². The minimum Gasteiger partial charge on any atom is -0.206 e. The lowest BCUT2D eigenvalue weighted by molar-refractivity contribution is 0.640. The second-order valence-corrected chi connectivity index (χ2v) is 4.04. The second kappa shape index (κ2) is 4.02. The van der Waals surface area contributed by atoms with Crippen molar-refractivity contribution in [3.05, 3.63) is 72.5 Å². The predicted molar refractivity (Wildman–Crippen MR) is 69.3 cm³/mol. The molecule has 3 aromatic rings. The minimum absolute atomic E-state index is 0.166. The smallest absolute Gasteiger partial charge is 0.131 e. The Morgan fingerprint density at radius 2 is 1.47 bits per heavy atom. The fraction of sp³-hybridized carbons (Fsp3) is 0. The van der Waals surface area contributed by atoms with Crippen molar-refractivity contribution in [1.29, 1.82) is 0 Å². The molecule has 0 saturated heterocycles. The van der Waals surface area contributed by atoms with E-state index in [-0.39, 0.29) is 5.82 Å². The van der Waals surface area contributed by atoms with Crippen LogP contribution in [-0.4, -0.2) is 0 Å². The van der Waals surface area contributed by atoms with E-state index in [0.29, 0.717) is 5.39 Å². The predicted octanol–water partition coefficient (Wildman–Crippen LogP) is 4.65. The quantitative estimate of drug-likeness (QED) is 0.562. The highest BCUT2D eigenvalue weighted by Gasteiger charge is 2.02. The van der Waals surface area contributed by atoms with Gasteiger partial charge in [-0.15, -0.1) is 0 Å². The van der Waals surface area contributed by atoms with Crippen LogP contribution in [0.15, 0.2) is 66.7 Å². The van der Waals surface area contributed by atoms with Crippen LogP contribution >= 0.6 is 0 Å². The van der Waals surface area contributed by atoms with Crippen LogP contribution in [0, 0.1) is 5.82 Å². The minimum atomic E-state index is -0.166. The Hall–Kier alpha value is -2.15. The molecule has 0 N–H and O–H groups in total. The summed E-state index contributed by atoms with van der Waals surface area (Å²) in [5.41, 5.74) is 2.15.